The van der Waals surface area contributed by atoms with Crippen LogP contribution in [0.1, 0.15) is 42.4 Å². The number of carbonyl (C=O) groups excluding carboxylic acids is 1. The predicted octanol–water partition coefficient (Wildman–Crippen LogP) is 2.35. The first kappa shape index (κ1) is 25.3. The Balaban J connectivity index is 1.13. The second kappa shape index (κ2) is 11.8. The summed E-state index contributed by atoms with van der Waals surface area (Å²) in [6.45, 7) is 6.41. The van der Waals surface area contributed by atoms with E-state index < -0.39 is 10.0 Å². The fraction of sp³-hybridized carbons (Fsp3) is 0.462. The van der Waals surface area contributed by atoms with E-state index in [4.69, 9.17) is 0 Å². The van der Waals surface area contributed by atoms with Crippen LogP contribution in [-0.2, 0) is 27.9 Å². The molecule has 35 heavy (non-hydrogen) atoms. The van der Waals surface area contributed by atoms with Crippen LogP contribution in [0.5, 0.6) is 0 Å². The number of nitrogens with zero attached hydrogens (tertiary/aromatic N) is 3. The average molecular weight is 498 g/mol. The standard InChI is InChI=1S/C26H35N5O3S/c1-30-14-16-31(17-15-30)20-22-9-7-8-21(18-22)19-28-25(32)12-3-2-6-13-27-26-23-10-4-5-11-24(23)35(33,34)29-26/h4-5,7-11,18H,2-3,6,12-17,19-20H2,1H3,(H,27,29)(H,28,32). The molecule has 2 aromatic carbocycles. The minimum absolute atomic E-state index is 0.0539. The van der Waals surface area contributed by atoms with Crippen LogP contribution >= 0.6 is 0 Å². The summed E-state index contributed by atoms with van der Waals surface area (Å²) in [6, 6.07) is 15.3. The monoisotopic (exact) mass is 497 g/mol. The van der Waals surface area contributed by atoms with Gasteiger partial charge in [0, 0.05) is 57.8 Å². The van der Waals surface area contributed by atoms with Gasteiger partial charge in [-0.15, -0.1) is 0 Å². The molecule has 2 aliphatic rings. The highest BCUT2D eigenvalue weighted by molar-refractivity contribution is 7.90. The fourth-order valence-corrected chi connectivity index (χ4v) is 5.66. The average Bonchev–Trinajstić information content (AvgIpc) is 3.12. The van der Waals surface area contributed by atoms with Gasteiger partial charge >= 0.3 is 0 Å². The van der Waals surface area contributed by atoms with E-state index in [1.165, 1.54) is 5.56 Å². The zero-order valence-corrected chi connectivity index (χ0v) is 21.2. The van der Waals surface area contributed by atoms with Gasteiger partial charge in [0.05, 0.1) is 4.90 Å². The highest BCUT2D eigenvalue weighted by Gasteiger charge is 2.29. The molecule has 9 heteroatoms. The Kier molecular flexibility index (Phi) is 8.54. The summed E-state index contributed by atoms with van der Waals surface area (Å²) in [6.07, 6.45) is 2.92. The zero-order chi connectivity index (χ0) is 24.7. The second-order valence-electron chi connectivity index (χ2n) is 9.32. The van der Waals surface area contributed by atoms with E-state index in [-0.39, 0.29) is 10.8 Å². The summed E-state index contributed by atoms with van der Waals surface area (Å²) in [5.74, 6) is 0.464. The van der Waals surface area contributed by atoms with E-state index in [1.54, 1.807) is 24.3 Å². The van der Waals surface area contributed by atoms with Gasteiger partial charge in [0.2, 0.25) is 5.91 Å². The van der Waals surface area contributed by atoms with Crippen LogP contribution in [-0.4, -0.2) is 69.7 Å². The van der Waals surface area contributed by atoms with Crippen molar-refractivity contribution in [2.75, 3.05) is 39.8 Å². The van der Waals surface area contributed by atoms with E-state index >= 15 is 0 Å². The third-order valence-corrected chi connectivity index (χ3v) is 7.87. The Hall–Kier alpha value is -2.75. The number of unbranched alkanes of at least 4 members (excludes halogenated alkanes) is 2. The van der Waals surface area contributed by atoms with Crippen molar-refractivity contribution in [1.82, 2.24) is 19.8 Å². The third kappa shape index (κ3) is 7.13. The summed E-state index contributed by atoms with van der Waals surface area (Å²) >= 11 is 0. The molecular formula is C26H35N5O3S. The first-order chi connectivity index (χ1) is 16.9. The molecule has 0 atom stereocenters. The number of aliphatic imine (C=N–C) groups is 1. The molecule has 0 spiro atoms. The van der Waals surface area contributed by atoms with Crippen LogP contribution in [0, 0.1) is 0 Å². The molecule has 0 aliphatic carbocycles. The van der Waals surface area contributed by atoms with Gasteiger partial charge in [-0.05, 0) is 43.1 Å². The summed E-state index contributed by atoms with van der Waals surface area (Å²) in [5, 5.41) is 3.03. The Morgan fingerprint density at radius 3 is 2.60 bits per heavy atom. The van der Waals surface area contributed by atoms with Gasteiger partial charge in [0.1, 0.15) is 5.84 Å². The molecule has 2 aliphatic heterocycles. The molecular weight excluding hydrogens is 462 g/mol. The Morgan fingerprint density at radius 1 is 1.00 bits per heavy atom. The molecule has 2 heterocycles. The lowest BCUT2D eigenvalue weighted by Crippen LogP contribution is -2.43. The maximum absolute atomic E-state index is 12.3. The quantitative estimate of drug-likeness (QED) is 0.492. The fourth-order valence-electron chi connectivity index (χ4n) is 4.41. The van der Waals surface area contributed by atoms with Crippen LogP contribution in [0.25, 0.3) is 0 Å². The first-order valence-electron chi connectivity index (χ1n) is 12.3. The zero-order valence-electron chi connectivity index (χ0n) is 20.4. The number of piperazine rings is 1. The lowest BCUT2D eigenvalue weighted by Gasteiger charge is -2.32. The number of carbonyl (C=O) groups is 1. The summed E-state index contributed by atoms with van der Waals surface area (Å²) in [7, 11) is -1.33. The van der Waals surface area contributed by atoms with Crippen molar-refractivity contribution >= 4 is 21.8 Å². The van der Waals surface area contributed by atoms with Gasteiger partial charge in [0.15, 0.2) is 0 Å². The molecule has 0 radical (unpaired) electrons. The Bertz CT molecular complexity index is 1160. The van der Waals surface area contributed by atoms with Crippen LogP contribution < -0.4 is 10.0 Å². The molecule has 0 aromatic heterocycles. The number of sulfonamides is 1. The number of likely N-dealkylation sites (N-methyl/N-ethyl adjacent to an activating group) is 1. The molecule has 188 valence electrons. The normalized spacial score (nSPS) is 18.8. The molecule has 1 saturated heterocycles. The number of benzene rings is 2. The molecule has 0 saturated carbocycles. The van der Waals surface area contributed by atoms with Gasteiger partial charge in [-0.1, -0.05) is 42.8 Å². The SMILES string of the molecule is CN1CCN(Cc2cccc(CNC(=O)CCCCCN=C3NS(=O)(=O)c4ccccc43)c2)CC1. The molecule has 1 amide bonds. The lowest BCUT2D eigenvalue weighted by atomic mass is 10.1. The van der Waals surface area contributed by atoms with Crippen LogP contribution in [0.15, 0.2) is 58.4 Å². The minimum Gasteiger partial charge on any atom is -0.352 e. The van der Waals surface area contributed by atoms with E-state index in [9.17, 15) is 13.2 Å². The van der Waals surface area contributed by atoms with E-state index in [2.05, 4.69) is 56.1 Å². The van der Waals surface area contributed by atoms with Crippen molar-refractivity contribution in [3.63, 3.8) is 0 Å². The van der Waals surface area contributed by atoms with Crippen molar-refractivity contribution in [3.8, 4) is 0 Å². The first-order valence-corrected chi connectivity index (χ1v) is 13.8. The number of amides is 1. The van der Waals surface area contributed by atoms with Crippen LogP contribution in [0.3, 0.4) is 0 Å². The van der Waals surface area contributed by atoms with Crippen molar-refractivity contribution in [1.29, 1.82) is 0 Å². The van der Waals surface area contributed by atoms with Crippen molar-refractivity contribution < 1.29 is 13.2 Å². The highest BCUT2D eigenvalue weighted by Crippen LogP contribution is 2.22. The third-order valence-electron chi connectivity index (χ3n) is 6.48. The molecule has 0 bridgehead atoms. The number of fused-ring (bicyclic) bond motifs is 1. The van der Waals surface area contributed by atoms with Gasteiger partial charge in [-0.25, -0.2) is 8.42 Å². The van der Waals surface area contributed by atoms with Crippen molar-refractivity contribution in [3.05, 3.63) is 65.2 Å². The number of amidine groups is 1. The number of rotatable bonds is 10. The summed E-state index contributed by atoms with van der Waals surface area (Å²) in [5.41, 5.74) is 3.04. The Morgan fingerprint density at radius 2 is 1.77 bits per heavy atom. The van der Waals surface area contributed by atoms with Gasteiger partial charge < -0.3 is 10.2 Å². The Labute approximate surface area is 208 Å². The largest absolute Gasteiger partial charge is 0.352 e. The van der Waals surface area contributed by atoms with Crippen molar-refractivity contribution in [2.45, 2.75) is 43.7 Å². The molecule has 0 unspecified atom stereocenters. The number of nitrogens with one attached hydrogen (secondary N) is 2. The molecule has 4 rings (SSSR count). The maximum Gasteiger partial charge on any atom is 0.263 e. The minimum atomic E-state index is -3.49. The smallest absolute Gasteiger partial charge is 0.263 e. The molecule has 2 N–H and O–H groups in total. The summed E-state index contributed by atoms with van der Waals surface area (Å²) in [4.78, 5) is 21.8. The summed E-state index contributed by atoms with van der Waals surface area (Å²) < 4.78 is 26.8. The van der Waals surface area contributed by atoms with E-state index in [0.29, 0.717) is 30.9 Å². The maximum atomic E-state index is 12.3. The number of hydrogen-bond acceptors (Lipinski definition) is 6. The van der Waals surface area contributed by atoms with E-state index in [0.717, 1.165) is 57.5 Å². The molecule has 1 fully saturated rings. The van der Waals surface area contributed by atoms with Crippen molar-refractivity contribution in [2.24, 2.45) is 4.99 Å². The van der Waals surface area contributed by atoms with Gasteiger partial charge in [-0.2, -0.15) is 0 Å². The van der Waals surface area contributed by atoms with Crippen LogP contribution in [0.2, 0.25) is 0 Å². The lowest BCUT2D eigenvalue weighted by molar-refractivity contribution is -0.121. The van der Waals surface area contributed by atoms with Gasteiger partial charge in [-0.3, -0.25) is 19.4 Å². The molecule has 2 aromatic rings. The van der Waals surface area contributed by atoms with Gasteiger partial charge in [0.25, 0.3) is 10.0 Å². The highest BCUT2D eigenvalue weighted by atomic mass is 32.2. The number of hydrogen-bond donors (Lipinski definition) is 2. The predicted molar refractivity (Wildman–Crippen MR) is 138 cm³/mol. The van der Waals surface area contributed by atoms with E-state index in [1.807, 2.05) is 0 Å². The van der Waals surface area contributed by atoms with Crippen LogP contribution in [0.4, 0.5) is 0 Å². The molecule has 8 nitrogen and oxygen atoms in total. The topological polar surface area (TPSA) is 94.1 Å². The second-order valence-corrected chi connectivity index (χ2v) is 11.0.